The Hall–Kier alpha value is -2.05. The van der Waals surface area contributed by atoms with E-state index in [-0.39, 0.29) is 35.4 Å². The lowest BCUT2D eigenvalue weighted by molar-refractivity contribution is -0.137. The fourth-order valence-electron chi connectivity index (χ4n) is 6.41. The molecule has 220 valence electrons. The molecule has 0 aromatic heterocycles. The molecular formula is C28H40N4O6S2. The van der Waals surface area contributed by atoms with Gasteiger partial charge in [-0.15, -0.1) is 23.5 Å². The van der Waals surface area contributed by atoms with Crippen LogP contribution in [0.2, 0.25) is 0 Å². The van der Waals surface area contributed by atoms with Gasteiger partial charge in [0.25, 0.3) is 17.7 Å². The fourth-order valence-corrected chi connectivity index (χ4v) is 9.01. The summed E-state index contributed by atoms with van der Waals surface area (Å²) in [5, 5.41) is 0. The van der Waals surface area contributed by atoms with Crippen LogP contribution in [0.4, 0.5) is 9.59 Å². The summed E-state index contributed by atoms with van der Waals surface area (Å²) in [6.45, 7) is 4.16. The third-order valence-electron chi connectivity index (χ3n) is 8.76. The summed E-state index contributed by atoms with van der Waals surface area (Å²) in [7, 11) is 1.55. The Morgan fingerprint density at radius 3 is 2.27 bits per heavy atom. The third-order valence-corrected chi connectivity index (χ3v) is 11.4. The minimum absolute atomic E-state index is 0.156. The molecule has 4 heterocycles. The van der Waals surface area contributed by atoms with Crippen molar-refractivity contribution in [1.29, 1.82) is 0 Å². The smallest absolute Gasteiger partial charge is 0.334 e. The molecule has 10 nitrogen and oxygen atoms in total. The molecule has 0 radical (unpaired) electrons. The van der Waals surface area contributed by atoms with Crippen LogP contribution in [0.5, 0.6) is 0 Å². The van der Waals surface area contributed by atoms with Gasteiger partial charge in [0, 0.05) is 38.7 Å². The van der Waals surface area contributed by atoms with E-state index in [0.29, 0.717) is 52.0 Å². The third kappa shape index (κ3) is 5.81. The van der Waals surface area contributed by atoms with E-state index in [1.54, 1.807) is 35.5 Å². The van der Waals surface area contributed by atoms with Crippen LogP contribution >= 0.6 is 23.5 Å². The molecule has 0 N–H and O–H groups in total. The number of hydrogen-bond donors (Lipinski definition) is 0. The highest BCUT2D eigenvalue weighted by Gasteiger charge is 2.48. The molecule has 2 atom stereocenters. The fraction of sp³-hybridized carbons (Fsp3) is 0.750. The van der Waals surface area contributed by atoms with Gasteiger partial charge in [0.2, 0.25) is 0 Å². The number of carbonyl (C=O) groups is 5. The average Bonchev–Trinajstić information content (AvgIpc) is 3.54. The number of ether oxygens (including phenoxy) is 1. The second-order valence-corrected chi connectivity index (χ2v) is 13.9. The minimum Gasteiger partial charge on any atom is -0.381 e. The van der Waals surface area contributed by atoms with Crippen LogP contribution in [-0.2, 0) is 19.1 Å². The summed E-state index contributed by atoms with van der Waals surface area (Å²) >= 11 is 3.09. The molecule has 5 aliphatic rings. The first kappa shape index (κ1) is 29.4. The first-order valence-electron chi connectivity index (χ1n) is 14.7. The summed E-state index contributed by atoms with van der Waals surface area (Å²) in [6.07, 6.45) is 6.80. The first-order valence-corrected chi connectivity index (χ1v) is 16.6. The molecule has 5 fully saturated rings. The van der Waals surface area contributed by atoms with E-state index in [0.717, 1.165) is 47.8 Å². The quantitative estimate of drug-likeness (QED) is 0.237. The largest absolute Gasteiger partial charge is 0.381 e. The van der Waals surface area contributed by atoms with Gasteiger partial charge < -0.3 is 9.64 Å². The van der Waals surface area contributed by atoms with Crippen LogP contribution in [0.25, 0.3) is 0 Å². The van der Waals surface area contributed by atoms with Crippen molar-refractivity contribution in [2.75, 3.05) is 44.9 Å². The predicted molar refractivity (Wildman–Crippen MR) is 153 cm³/mol. The van der Waals surface area contributed by atoms with E-state index in [9.17, 15) is 24.0 Å². The lowest BCUT2D eigenvalue weighted by Gasteiger charge is -2.42. The van der Waals surface area contributed by atoms with Crippen molar-refractivity contribution in [3.8, 4) is 0 Å². The minimum atomic E-state index is -0.495. The summed E-state index contributed by atoms with van der Waals surface area (Å²) in [5.74, 6) is 1.13. The van der Waals surface area contributed by atoms with Gasteiger partial charge in [-0.2, -0.15) is 0 Å². The number of amides is 7. The molecule has 7 amide bonds. The number of nitrogens with zero attached hydrogens (tertiary/aromatic N) is 4. The number of thioether (sulfide) groups is 2. The van der Waals surface area contributed by atoms with Gasteiger partial charge in [-0.1, -0.05) is 13.3 Å². The molecule has 4 aliphatic heterocycles. The number of unbranched alkanes of at least 4 members (excludes halogenated alkanes) is 1. The predicted octanol–water partition coefficient (Wildman–Crippen LogP) is 3.91. The summed E-state index contributed by atoms with van der Waals surface area (Å²) in [6, 6.07) is -1.49. The van der Waals surface area contributed by atoms with Gasteiger partial charge >= 0.3 is 12.1 Å². The second-order valence-electron chi connectivity index (χ2n) is 11.5. The van der Waals surface area contributed by atoms with Crippen LogP contribution in [0.3, 0.4) is 0 Å². The molecule has 12 heteroatoms. The SMILES string of the molecule is CCCCN1C(=O)C(=C2SCCCS2)C(=O)N(C2CCC(CC3C(=O)N(C)C(=O)N3C[C@@H]3CCOC3)CC2)C1=O. The Morgan fingerprint density at radius 2 is 1.62 bits per heavy atom. The molecule has 0 aromatic carbocycles. The topological polar surface area (TPSA) is 108 Å². The van der Waals surface area contributed by atoms with Crippen molar-refractivity contribution in [3.63, 3.8) is 0 Å². The molecule has 0 aromatic rings. The number of hydrogen-bond acceptors (Lipinski definition) is 8. The molecule has 1 aliphatic carbocycles. The Kier molecular flexibility index (Phi) is 9.46. The van der Waals surface area contributed by atoms with Gasteiger partial charge in [-0.25, -0.2) is 9.59 Å². The van der Waals surface area contributed by atoms with Crippen molar-refractivity contribution in [2.45, 2.75) is 76.8 Å². The van der Waals surface area contributed by atoms with E-state index in [1.807, 2.05) is 6.92 Å². The van der Waals surface area contributed by atoms with E-state index in [2.05, 4.69) is 0 Å². The maximum atomic E-state index is 13.7. The highest BCUT2D eigenvalue weighted by atomic mass is 32.2. The molecular weight excluding hydrogens is 552 g/mol. The maximum Gasteiger partial charge on any atom is 0.334 e. The molecule has 1 unspecified atom stereocenters. The standard InChI is InChI=1S/C28H40N4O6S2/c1-3-4-11-30-24(34)22(26-39-13-5-14-40-26)25(35)32(28(30)37)20-8-6-18(7-9-20)15-21-23(33)29(2)27(36)31(21)16-19-10-12-38-17-19/h18-21H,3-17H2,1-2H3/t18?,19-,20?,21?/m0/s1. The van der Waals surface area contributed by atoms with Crippen molar-refractivity contribution < 1.29 is 28.7 Å². The second kappa shape index (κ2) is 12.9. The number of carbonyl (C=O) groups excluding carboxylic acids is 5. The Labute approximate surface area is 244 Å². The van der Waals surface area contributed by atoms with Gasteiger partial charge in [0.05, 0.1) is 10.8 Å². The highest BCUT2D eigenvalue weighted by Crippen LogP contribution is 2.41. The summed E-state index contributed by atoms with van der Waals surface area (Å²) < 4.78 is 6.23. The van der Waals surface area contributed by atoms with Crippen molar-refractivity contribution >= 4 is 53.3 Å². The Bertz CT molecular complexity index is 1060. The van der Waals surface area contributed by atoms with Gasteiger partial charge in [-0.3, -0.25) is 29.1 Å². The van der Waals surface area contributed by atoms with Crippen LogP contribution in [0.15, 0.2) is 9.81 Å². The van der Waals surface area contributed by atoms with Crippen LogP contribution in [0.1, 0.15) is 64.7 Å². The molecule has 0 spiro atoms. The van der Waals surface area contributed by atoms with Gasteiger partial charge in [0.15, 0.2) is 0 Å². The van der Waals surface area contributed by atoms with Crippen molar-refractivity contribution in [2.24, 2.45) is 11.8 Å². The van der Waals surface area contributed by atoms with Gasteiger partial charge in [-0.05, 0) is 68.8 Å². The zero-order chi connectivity index (χ0) is 28.4. The molecule has 1 saturated carbocycles. The van der Waals surface area contributed by atoms with Crippen LogP contribution < -0.4 is 0 Å². The molecule has 4 saturated heterocycles. The van der Waals surface area contributed by atoms with Crippen molar-refractivity contribution in [3.05, 3.63) is 9.81 Å². The highest BCUT2D eigenvalue weighted by molar-refractivity contribution is 8.22. The summed E-state index contributed by atoms with van der Waals surface area (Å²) in [4.78, 5) is 72.0. The lowest BCUT2D eigenvalue weighted by Crippen LogP contribution is -2.60. The number of imide groups is 3. The lowest BCUT2D eigenvalue weighted by atomic mass is 9.81. The first-order chi connectivity index (χ1) is 19.3. The normalized spacial score (nSPS) is 30.4. The van der Waals surface area contributed by atoms with Crippen LogP contribution in [0, 0.1) is 11.8 Å². The molecule has 5 rings (SSSR count). The Morgan fingerprint density at radius 1 is 0.900 bits per heavy atom. The zero-order valence-corrected chi connectivity index (χ0v) is 25.1. The van der Waals surface area contributed by atoms with E-state index >= 15 is 0 Å². The monoisotopic (exact) mass is 592 g/mol. The van der Waals surface area contributed by atoms with Crippen LogP contribution in [-0.4, -0.2) is 106 Å². The number of barbiturate groups is 1. The molecule has 0 bridgehead atoms. The van der Waals surface area contributed by atoms with Crippen molar-refractivity contribution in [1.82, 2.24) is 19.6 Å². The molecule has 40 heavy (non-hydrogen) atoms. The van der Waals surface area contributed by atoms with Gasteiger partial charge in [0.1, 0.15) is 11.6 Å². The average molecular weight is 593 g/mol. The van der Waals surface area contributed by atoms with E-state index in [1.165, 1.54) is 14.7 Å². The maximum absolute atomic E-state index is 13.7. The number of likely N-dealkylation sites (N-methyl/N-ethyl adjacent to an activating group) is 1. The Balaban J connectivity index is 1.27. The van der Waals surface area contributed by atoms with E-state index < -0.39 is 23.9 Å². The number of urea groups is 2. The zero-order valence-electron chi connectivity index (χ0n) is 23.5. The number of rotatable bonds is 8. The summed E-state index contributed by atoms with van der Waals surface area (Å²) in [5.41, 5.74) is 0.164. The van der Waals surface area contributed by atoms with E-state index in [4.69, 9.17) is 4.74 Å².